The van der Waals surface area contributed by atoms with Gasteiger partial charge in [0.2, 0.25) is 0 Å². The topological polar surface area (TPSA) is 27.7 Å². The summed E-state index contributed by atoms with van der Waals surface area (Å²) in [4.78, 5) is 0. The van der Waals surface area contributed by atoms with Crippen molar-refractivity contribution < 1.29 is 14.2 Å². The van der Waals surface area contributed by atoms with Gasteiger partial charge in [0, 0.05) is 12.8 Å². The van der Waals surface area contributed by atoms with Gasteiger partial charge in [0.15, 0.2) is 5.79 Å². The van der Waals surface area contributed by atoms with E-state index in [1.54, 1.807) is 0 Å². The normalized spacial score (nSPS) is 22.1. The van der Waals surface area contributed by atoms with Gasteiger partial charge in [0.25, 0.3) is 0 Å². The number of benzene rings is 1. The lowest BCUT2D eigenvalue weighted by atomic mass is 9.81. The van der Waals surface area contributed by atoms with Crippen LogP contribution in [-0.4, -0.2) is 32.7 Å². The summed E-state index contributed by atoms with van der Waals surface area (Å²) in [6, 6.07) is 10.3. The zero-order valence-corrected chi connectivity index (χ0v) is 16.1. The van der Waals surface area contributed by atoms with Crippen molar-refractivity contribution in [2.45, 2.75) is 63.3 Å². The molecule has 1 saturated heterocycles. The fourth-order valence-corrected chi connectivity index (χ4v) is 3.83. The Morgan fingerprint density at radius 3 is 2.21 bits per heavy atom. The minimum Gasteiger partial charge on any atom is -0.358 e. The average molecular weight is 345 g/mol. The maximum Gasteiger partial charge on any atom is 0.168 e. The molecule has 0 N–H and O–H groups in total. The van der Waals surface area contributed by atoms with Crippen molar-refractivity contribution in [3.05, 3.63) is 35.9 Å². The van der Waals surface area contributed by atoms with E-state index < -0.39 is 8.07 Å². The zero-order chi connectivity index (χ0) is 17.1. The van der Waals surface area contributed by atoms with E-state index in [-0.39, 0.29) is 11.4 Å². The molecule has 2 aliphatic rings. The first-order valence-electron chi connectivity index (χ1n) is 8.91. The van der Waals surface area contributed by atoms with Crippen LogP contribution >= 0.6 is 0 Å². The summed E-state index contributed by atoms with van der Waals surface area (Å²) in [5.74, 6) is 3.16. The van der Waals surface area contributed by atoms with E-state index in [0.717, 1.165) is 25.7 Å². The predicted molar refractivity (Wildman–Crippen MR) is 98.2 cm³/mol. The predicted octanol–water partition coefficient (Wildman–Crippen LogP) is 4.14. The van der Waals surface area contributed by atoms with Crippen molar-refractivity contribution in [1.29, 1.82) is 0 Å². The van der Waals surface area contributed by atoms with Crippen LogP contribution < -0.4 is 0 Å². The van der Waals surface area contributed by atoms with Gasteiger partial charge in [-0.25, -0.2) is 0 Å². The lowest BCUT2D eigenvalue weighted by Gasteiger charge is -2.40. The van der Waals surface area contributed by atoms with E-state index in [1.165, 1.54) is 5.56 Å². The van der Waals surface area contributed by atoms with Crippen LogP contribution in [-0.2, 0) is 20.8 Å². The molecule has 2 fully saturated rings. The Morgan fingerprint density at radius 2 is 1.62 bits per heavy atom. The van der Waals surface area contributed by atoms with E-state index in [0.29, 0.717) is 19.8 Å². The smallest absolute Gasteiger partial charge is 0.168 e. The average Bonchev–Trinajstić information content (AvgIpc) is 3.03. The second kappa shape index (κ2) is 7.01. The minimum atomic E-state index is -1.44. The van der Waals surface area contributed by atoms with Crippen molar-refractivity contribution in [2.75, 3.05) is 13.2 Å². The van der Waals surface area contributed by atoms with Crippen LogP contribution in [0.4, 0.5) is 0 Å². The van der Waals surface area contributed by atoms with E-state index in [1.807, 2.05) is 6.07 Å². The quantitative estimate of drug-likeness (QED) is 0.609. The Labute approximate surface area is 146 Å². The van der Waals surface area contributed by atoms with Crippen molar-refractivity contribution in [2.24, 2.45) is 0 Å². The van der Waals surface area contributed by atoms with Gasteiger partial charge in [-0.2, -0.15) is 0 Å². The highest BCUT2D eigenvalue weighted by Crippen LogP contribution is 2.42. The molecule has 0 amide bonds. The standard InChI is InChI=1S/C20H28O3Si/c1-24(2,3)16-13-19(23-17-18-7-5-4-6-8-18)9-11-20(12-10-19)21-14-15-22-20/h4-8H,9-12,14-15,17H2,1-3H3. The van der Waals surface area contributed by atoms with Crippen molar-refractivity contribution in [3.8, 4) is 11.5 Å². The Hall–Kier alpha value is -1.12. The van der Waals surface area contributed by atoms with Gasteiger partial charge in [-0.1, -0.05) is 55.9 Å². The second-order valence-corrected chi connectivity index (χ2v) is 12.6. The molecule has 1 aromatic rings. The fourth-order valence-electron chi connectivity index (χ4n) is 3.22. The first-order valence-corrected chi connectivity index (χ1v) is 12.4. The first kappa shape index (κ1) is 17.7. The molecule has 3 rings (SSSR count). The highest BCUT2D eigenvalue weighted by Gasteiger charge is 2.46. The molecule has 3 nitrogen and oxygen atoms in total. The molecule has 1 heterocycles. The number of ether oxygens (including phenoxy) is 3. The van der Waals surface area contributed by atoms with Crippen LogP contribution in [0.1, 0.15) is 31.2 Å². The summed E-state index contributed by atoms with van der Waals surface area (Å²) >= 11 is 0. The van der Waals surface area contributed by atoms with Gasteiger partial charge in [-0.15, -0.1) is 5.54 Å². The molecule has 24 heavy (non-hydrogen) atoms. The summed E-state index contributed by atoms with van der Waals surface area (Å²) in [6.07, 6.45) is 3.47. The van der Waals surface area contributed by atoms with Gasteiger partial charge < -0.3 is 14.2 Å². The van der Waals surface area contributed by atoms with Crippen LogP contribution in [0.3, 0.4) is 0 Å². The Bertz CT molecular complexity index is 593. The molecule has 1 aliphatic carbocycles. The van der Waals surface area contributed by atoms with Crippen molar-refractivity contribution in [3.63, 3.8) is 0 Å². The molecule has 1 aromatic carbocycles. The van der Waals surface area contributed by atoms with Crippen LogP contribution in [0.25, 0.3) is 0 Å². The summed E-state index contributed by atoms with van der Waals surface area (Å²) in [5, 5.41) is 0. The Kier molecular flexibility index (Phi) is 5.17. The third kappa shape index (κ3) is 4.49. The number of hydrogen-bond donors (Lipinski definition) is 0. The molecule has 1 aliphatic heterocycles. The van der Waals surface area contributed by atoms with Gasteiger partial charge in [0.05, 0.1) is 19.8 Å². The SMILES string of the molecule is C[Si](C)(C)C#CC1(OCc2ccccc2)CCC2(CC1)OCCO2. The zero-order valence-electron chi connectivity index (χ0n) is 15.1. The maximum absolute atomic E-state index is 6.39. The van der Waals surface area contributed by atoms with Crippen LogP contribution in [0.2, 0.25) is 19.6 Å². The largest absolute Gasteiger partial charge is 0.358 e. The number of hydrogen-bond acceptors (Lipinski definition) is 3. The third-order valence-corrected chi connectivity index (χ3v) is 5.53. The van der Waals surface area contributed by atoms with Crippen molar-refractivity contribution in [1.82, 2.24) is 0 Å². The first-order chi connectivity index (χ1) is 11.4. The van der Waals surface area contributed by atoms with E-state index in [9.17, 15) is 0 Å². The van der Waals surface area contributed by atoms with Gasteiger partial charge in [-0.05, 0) is 18.4 Å². The maximum atomic E-state index is 6.39. The number of rotatable bonds is 3. The molecule has 0 aromatic heterocycles. The minimum absolute atomic E-state index is 0.364. The summed E-state index contributed by atoms with van der Waals surface area (Å²) < 4.78 is 18.1. The lowest BCUT2D eigenvalue weighted by Crippen LogP contribution is -2.44. The van der Waals surface area contributed by atoms with E-state index in [4.69, 9.17) is 14.2 Å². The van der Waals surface area contributed by atoms with E-state index >= 15 is 0 Å². The molecular formula is C20H28O3Si. The Morgan fingerprint density at radius 1 is 1.00 bits per heavy atom. The highest BCUT2D eigenvalue weighted by molar-refractivity contribution is 6.83. The molecule has 0 unspecified atom stereocenters. The van der Waals surface area contributed by atoms with Gasteiger partial charge >= 0.3 is 0 Å². The van der Waals surface area contributed by atoms with Crippen LogP contribution in [0.15, 0.2) is 30.3 Å². The molecule has 130 valence electrons. The molecule has 4 heteroatoms. The van der Waals surface area contributed by atoms with Crippen molar-refractivity contribution >= 4 is 8.07 Å². The van der Waals surface area contributed by atoms with Gasteiger partial charge in [0.1, 0.15) is 13.7 Å². The van der Waals surface area contributed by atoms with Crippen LogP contribution in [0, 0.1) is 11.5 Å². The summed E-state index contributed by atoms with van der Waals surface area (Å²) in [7, 11) is -1.44. The second-order valence-electron chi connectivity index (χ2n) is 7.88. The molecule has 0 bridgehead atoms. The van der Waals surface area contributed by atoms with Crippen LogP contribution in [0.5, 0.6) is 0 Å². The molecule has 1 saturated carbocycles. The molecule has 0 radical (unpaired) electrons. The Balaban J connectivity index is 1.73. The summed E-state index contributed by atoms with van der Waals surface area (Å²) in [6.45, 7) is 8.85. The third-order valence-electron chi connectivity index (χ3n) is 4.66. The molecular weight excluding hydrogens is 316 g/mol. The van der Waals surface area contributed by atoms with E-state index in [2.05, 4.69) is 55.4 Å². The van der Waals surface area contributed by atoms with Gasteiger partial charge in [-0.3, -0.25) is 0 Å². The highest BCUT2D eigenvalue weighted by atomic mass is 28.3. The molecule has 0 atom stereocenters. The monoisotopic (exact) mass is 344 g/mol. The lowest BCUT2D eigenvalue weighted by molar-refractivity contribution is -0.202. The summed E-state index contributed by atoms with van der Waals surface area (Å²) in [5.41, 5.74) is 4.36. The fraction of sp³-hybridized carbons (Fsp3) is 0.600. The molecule has 1 spiro atoms.